The van der Waals surface area contributed by atoms with Gasteiger partial charge in [0.1, 0.15) is 17.0 Å². The van der Waals surface area contributed by atoms with Gasteiger partial charge in [-0.15, -0.1) is 0 Å². The van der Waals surface area contributed by atoms with Crippen molar-refractivity contribution in [2.75, 3.05) is 20.8 Å². The van der Waals surface area contributed by atoms with E-state index in [-0.39, 0.29) is 18.0 Å². The topological polar surface area (TPSA) is 118 Å². The number of amides is 1. The van der Waals surface area contributed by atoms with Crippen LogP contribution in [-0.2, 0) is 18.3 Å². The van der Waals surface area contributed by atoms with Gasteiger partial charge >= 0.3 is 5.97 Å². The number of fused-ring (bicyclic) bond motifs is 5. The Balaban J connectivity index is 1.12. The Morgan fingerprint density at radius 3 is 2.41 bits per heavy atom. The Bertz CT molecular complexity index is 2340. The van der Waals surface area contributed by atoms with E-state index in [4.69, 9.17) is 20.2 Å². The van der Waals surface area contributed by atoms with Crippen LogP contribution in [-0.4, -0.2) is 68.7 Å². The van der Waals surface area contributed by atoms with E-state index in [9.17, 15) is 9.59 Å². The van der Waals surface area contributed by atoms with Crippen LogP contribution in [0.25, 0.3) is 55.5 Å². The number of esters is 1. The molecular weight excluding hydrogens is 616 g/mol. The van der Waals surface area contributed by atoms with Crippen LogP contribution in [0.5, 0.6) is 5.75 Å². The highest BCUT2D eigenvalue weighted by Gasteiger charge is 2.47. The number of imidazole rings is 1. The molecule has 3 fully saturated rings. The van der Waals surface area contributed by atoms with Gasteiger partial charge in [-0.25, -0.2) is 14.8 Å². The molecule has 0 spiro atoms. The van der Waals surface area contributed by atoms with Crippen LogP contribution >= 0.6 is 0 Å². The van der Waals surface area contributed by atoms with Gasteiger partial charge in [0, 0.05) is 54.1 Å². The van der Waals surface area contributed by atoms with Gasteiger partial charge in [0.2, 0.25) is 0 Å². The largest absolute Gasteiger partial charge is 0.494 e. The number of aromatic nitrogens is 4. The fourth-order valence-corrected chi connectivity index (χ4v) is 8.16. The van der Waals surface area contributed by atoms with E-state index in [0.717, 1.165) is 74.9 Å². The maximum Gasteiger partial charge on any atom is 0.356 e. The third-order valence-electron chi connectivity index (χ3n) is 11.0. The van der Waals surface area contributed by atoms with Crippen LogP contribution in [0.1, 0.15) is 46.5 Å². The number of piperidine rings is 1. The second-order valence-electron chi connectivity index (χ2n) is 13.9. The summed E-state index contributed by atoms with van der Waals surface area (Å²) in [6.07, 6.45) is 4.49. The predicted octanol–water partition coefficient (Wildman–Crippen LogP) is 6.18. The summed E-state index contributed by atoms with van der Waals surface area (Å²) >= 11 is 0. The van der Waals surface area contributed by atoms with Gasteiger partial charge < -0.3 is 29.2 Å². The fourth-order valence-electron chi connectivity index (χ4n) is 8.16. The highest BCUT2D eigenvalue weighted by molar-refractivity contribution is 6.01. The van der Waals surface area contributed by atoms with Gasteiger partial charge in [0.25, 0.3) is 5.91 Å². The molecule has 2 saturated carbocycles. The van der Waals surface area contributed by atoms with Crippen LogP contribution in [0.15, 0.2) is 66.7 Å². The van der Waals surface area contributed by atoms with Crippen LogP contribution in [0.3, 0.4) is 0 Å². The number of carbonyl (C=O) groups is 2. The lowest BCUT2D eigenvalue weighted by Crippen LogP contribution is -2.41. The number of aryl methyl sites for hydroxylation is 1. The SMILES string of the molecule is COC(=O)c1ccc2cc(-c3ccc4cc(-c5nc6cc(C(=O)N7C[C@H]8CC[C@@H]7[C@@H]8N)cc(OC)c6n5C)n(CC5CC5)c4c3)ccc2n1. The molecule has 49 heavy (non-hydrogen) atoms. The smallest absolute Gasteiger partial charge is 0.356 e. The van der Waals surface area contributed by atoms with Gasteiger partial charge in [-0.3, -0.25) is 4.79 Å². The van der Waals surface area contributed by atoms with Crippen molar-refractivity contribution in [2.45, 2.75) is 44.3 Å². The normalized spacial score (nSPS) is 20.2. The second-order valence-corrected chi connectivity index (χ2v) is 13.9. The Labute approximate surface area is 283 Å². The highest BCUT2D eigenvalue weighted by atomic mass is 16.5. The number of nitrogens with zero attached hydrogens (tertiary/aromatic N) is 5. The Morgan fingerprint density at radius 1 is 0.878 bits per heavy atom. The lowest BCUT2D eigenvalue weighted by atomic mass is 10.0. The average molecular weight is 655 g/mol. The molecule has 2 bridgehead atoms. The van der Waals surface area contributed by atoms with Gasteiger partial charge in [-0.05, 0) is 91.1 Å². The zero-order chi connectivity index (χ0) is 33.6. The van der Waals surface area contributed by atoms with E-state index in [1.165, 1.54) is 20.0 Å². The molecule has 1 aliphatic heterocycles. The third-order valence-corrected chi connectivity index (χ3v) is 11.0. The molecule has 0 radical (unpaired) electrons. The molecule has 3 atom stereocenters. The zero-order valence-corrected chi connectivity index (χ0v) is 27.8. The molecule has 248 valence electrons. The standard InChI is InChI=1S/C39H38N6O4/c1-43-36-30(15-27(18-34(36)48-2)38(46)45-20-26-10-13-31(45)35(26)40)42-37(43)33-17-25-7-6-23(16-32(25)44(33)19-21-4-5-21)22-8-11-28-24(14-22)9-12-29(41-28)39(47)49-3/h6-9,11-12,14-18,21,26,31,35H,4-5,10,13,19-20,40H2,1-3H3/t26-,31-,35-/m1/s1. The molecular formula is C39H38N6O4. The molecule has 1 saturated heterocycles. The number of carbonyl (C=O) groups excluding carboxylic acids is 2. The summed E-state index contributed by atoms with van der Waals surface area (Å²) in [5, 5.41) is 2.09. The zero-order valence-electron chi connectivity index (χ0n) is 27.8. The van der Waals surface area contributed by atoms with Crippen molar-refractivity contribution in [1.29, 1.82) is 0 Å². The minimum Gasteiger partial charge on any atom is -0.494 e. The van der Waals surface area contributed by atoms with Crippen LogP contribution in [0.2, 0.25) is 0 Å². The number of rotatable bonds is 7. The van der Waals surface area contributed by atoms with E-state index in [1.807, 2.05) is 42.3 Å². The summed E-state index contributed by atoms with van der Waals surface area (Å²) in [6.45, 7) is 1.62. The first-order chi connectivity index (χ1) is 23.8. The van der Waals surface area contributed by atoms with Gasteiger partial charge in [-0.2, -0.15) is 0 Å². The third kappa shape index (κ3) is 4.80. The highest BCUT2D eigenvalue weighted by Crippen LogP contribution is 2.41. The number of pyridine rings is 1. The second kappa shape index (κ2) is 11.2. The summed E-state index contributed by atoms with van der Waals surface area (Å²) in [4.78, 5) is 37.4. The number of likely N-dealkylation sites (tertiary alicyclic amines) is 1. The van der Waals surface area contributed by atoms with E-state index in [2.05, 4.69) is 44.5 Å². The molecule has 4 heterocycles. The lowest BCUT2D eigenvalue weighted by molar-refractivity contribution is 0.0594. The Kier molecular flexibility index (Phi) is 6.81. The molecule has 3 aromatic carbocycles. The molecule has 1 amide bonds. The van der Waals surface area contributed by atoms with Crippen LogP contribution in [0, 0.1) is 11.8 Å². The number of benzene rings is 3. The molecule has 3 aromatic heterocycles. The average Bonchev–Trinajstić information content (AvgIpc) is 3.53. The van der Waals surface area contributed by atoms with Crippen molar-refractivity contribution in [3.63, 3.8) is 0 Å². The van der Waals surface area contributed by atoms with Crippen molar-refractivity contribution in [3.8, 4) is 28.4 Å². The maximum absolute atomic E-state index is 13.8. The van der Waals surface area contributed by atoms with Crippen LogP contribution in [0.4, 0.5) is 0 Å². The molecule has 2 N–H and O–H groups in total. The first-order valence-corrected chi connectivity index (χ1v) is 17.1. The van der Waals surface area contributed by atoms with E-state index in [0.29, 0.717) is 35.4 Å². The molecule has 2 aliphatic carbocycles. The van der Waals surface area contributed by atoms with Gasteiger partial charge in [-0.1, -0.05) is 24.3 Å². The predicted molar refractivity (Wildman–Crippen MR) is 189 cm³/mol. The number of nitrogens with two attached hydrogens (primary N) is 1. The fraction of sp³-hybridized carbons (Fsp3) is 0.333. The van der Waals surface area contributed by atoms with E-state index in [1.54, 1.807) is 13.2 Å². The first-order valence-electron chi connectivity index (χ1n) is 17.1. The Morgan fingerprint density at radius 2 is 1.67 bits per heavy atom. The lowest BCUT2D eigenvalue weighted by Gasteiger charge is -2.27. The summed E-state index contributed by atoms with van der Waals surface area (Å²) in [5.74, 6) is 2.03. The molecule has 3 aliphatic rings. The number of methoxy groups -OCH3 is 2. The minimum atomic E-state index is -0.449. The van der Waals surface area contributed by atoms with E-state index < -0.39 is 5.97 Å². The summed E-state index contributed by atoms with van der Waals surface area (Å²) < 4.78 is 15.2. The minimum absolute atomic E-state index is 0.00111. The monoisotopic (exact) mass is 654 g/mol. The number of hydrogen-bond acceptors (Lipinski definition) is 7. The molecule has 9 rings (SSSR count). The summed E-state index contributed by atoms with van der Waals surface area (Å²) in [7, 11) is 5.03. The maximum atomic E-state index is 13.8. The Hall–Kier alpha value is -5.22. The first kappa shape index (κ1) is 29.9. The summed E-state index contributed by atoms with van der Waals surface area (Å²) in [5.41, 5.74) is 14.0. The molecule has 6 aromatic rings. The van der Waals surface area contributed by atoms with Gasteiger partial charge in [0.05, 0.1) is 30.9 Å². The van der Waals surface area contributed by atoms with Crippen molar-refractivity contribution < 1.29 is 19.1 Å². The van der Waals surface area contributed by atoms with Crippen molar-refractivity contribution in [1.82, 2.24) is 24.0 Å². The number of ether oxygens (including phenoxy) is 2. The van der Waals surface area contributed by atoms with Crippen LogP contribution < -0.4 is 10.5 Å². The summed E-state index contributed by atoms with van der Waals surface area (Å²) in [6, 6.07) is 22.5. The molecule has 0 unspecified atom stereocenters. The van der Waals surface area contributed by atoms with Crippen molar-refractivity contribution in [3.05, 3.63) is 78.0 Å². The van der Waals surface area contributed by atoms with Crippen molar-refractivity contribution in [2.24, 2.45) is 24.6 Å². The van der Waals surface area contributed by atoms with Crippen molar-refractivity contribution >= 4 is 44.7 Å². The molecule has 10 nitrogen and oxygen atoms in total. The van der Waals surface area contributed by atoms with Gasteiger partial charge in [0.15, 0.2) is 5.82 Å². The quantitative estimate of drug-likeness (QED) is 0.205. The van der Waals surface area contributed by atoms with E-state index >= 15 is 0 Å². The number of hydrogen-bond donors (Lipinski definition) is 1. The molecule has 10 heteroatoms.